The number of fused-ring (bicyclic) bond motifs is 1. The lowest BCUT2D eigenvalue weighted by Crippen LogP contribution is -2.47. The molecule has 14 heteroatoms. The number of ether oxygens (including phenoxy) is 2. The molecule has 0 saturated carbocycles. The summed E-state index contributed by atoms with van der Waals surface area (Å²) >= 11 is 0. The molecule has 1 aliphatic heterocycles. The number of halogens is 3. The summed E-state index contributed by atoms with van der Waals surface area (Å²) in [5.41, 5.74) is 0.326. The molecule has 3 atom stereocenters. The van der Waals surface area contributed by atoms with Crippen LogP contribution < -0.4 is 9.46 Å². The molecule has 0 bridgehead atoms. The van der Waals surface area contributed by atoms with Gasteiger partial charge in [-0.15, -0.1) is 0 Å². The number of carbonyl (C=O) groups is 1. The van der Waals surface area contributed by atoms with E-state index in [-0.39, 0.29) is 53.5 Å². The lowest BCUT2D eigenvalue weighted by atomic mass is 10.0. The summed E-state index contributed by atoms with van der Waals surface area (Å²) in [4.78, 5) is 20.3. The van der Waals surface area contributed by atoms with Crippen LogP contribution >= 0.6 is 0 Å². The number of anilines is 1. The van der Waals surface area contributed by atoms with Crippen molar-refractivity contribution in [3.8, 4) is 5.75 Å². The number of nitrogens with zero attached hydrogens (tertiary/aromatic N) is 4. The Hall–Kier alpha value is -2.84. The zero-order valence-corrected chi connectivity index (χ0v) is 22.8. The second-order valence-electron chi connectivity index (χ2n) is 9.65. The Labute approximate surface area is 220 Å². The molecule has 0 fully saturated rings. The van der Waals surface area contributed by atoms with Gasteiger partial charge >= 0.3 is 6.18 Å². The number of hydrogen-bond acceptors (Lipinski definition) is 7. The average Bonchev–Trinajstić information content (AvgIpc) is 3.29. The molecule has 0 aliphatic carbocycles. The first-order valence-corrected chi connectivity index (χ1v) is 13.5. The maximum Gasteiger partial charge on any atom is 0.390 e. The fourth-order valence-electron chi connectivity index (χ4n) is 4.23. The van der Waals surface area contributed by atoms with Gasteiger partial charge in [-0.1, -0.05) is 6.92 Å². The highest BCUT2D eigenvalue weighted by Crippen LogP contribution is 2.28. The molecule has 1 N–H and O–H groups in total. The minimum atomic E-state index is -4.31. The predicted octanol–water partition coefficient (Wildman–Crippen LogP) is 2.98. The Kier molecular flexibility index (Phi) is 9.31. The molecule has 0 spiro atoms. The van der Waals surface area contributed by atoms with Gasteiger partial charge in [-0.3, -0.25) is 14.4 Å². The number of hydrogen-bond donors (Lipinski definition) is 1. The van der Waals surface area contributed by atoms with E-state index in [0.717, 1.165) is 0 Å². The van der Waals surface area contributed by atoms with E-state index in [2.05, 4.69) is 9.71 Å². The predicted molar refractivity (Wildman–Crippen MR) is 135 cm³/mol. The van der Waals surface area contributed by atoms with Crippen LogP contribution in [0.3, 0.4) is 0 Å². The van der Waals surface area contributed by atoms with Crippen molar-refractivity contribution in [2.45, 2.75) is 43.6 Å². The molecule has 1 aromatic carbocycles. The standard InChI is InChI=1S/C24H34F3N5O5S/c1-16-11-32(9-8-24(25,26)27)17(2)14-37-20-10-18(29-38(34,35)22-13-30(3)15-28-22)6-7-19(20)23(33)31(4)12-21(16)36-5/h6-7,10,13,15-17,21,29H,8-9,11-12,14H2,1-5H3/t16-,17-,21-/m1/s1. The molecule has 2 aromatic rings. The van der Waals surface area contributed by atoms with Crippen molar-refractivity contribution in [1.29, 1.82) is 0 Å². The summed E-state index contributed by atoms with van der Waals surface area (Å²) in [6.07, 6.45) is -3.01. The van der Waals surface area contributed by atoms with E-state index in [1.165, 1.54) is 47.3 Å². The second-order valence-corrected chi connectivity index (χ2v) is 11.3. The Morgan fingerprint density at radius 3 is 2.53 bits per heavy atom. The van der Waals surface area contributed by atoms with Gasteiger partial charge in [0.05, 0.1) is 30.1 Å². The number of benzene rings is 1. The van der Waals surface area contributed by atoms with Gasteiger partial charge in [0.15, 0.2) is 5.03 Å². The number of imidazole rings is 1. The van der Waals surface area contributed by atoms with E-state index in [4.69, 9.17) is 9.47 Å². The lowest BCUT2D eigenvalue weighted by molar-refractivity contribution is -0.140. The third-order valence-electron chi connectivity index (χ3n) is 6.47. The SMILES string of the molecule is CO[C@@H]1CN(C)C(=O)c2ccc(NS(=O)(=O)c3cn(C)cn3)cc2OC[C@@H](C)N(CCC(F)(F)F)C[C@H]1C. The highest BCUT2D eigenvalue weighted by molar-refractivity contribution is 7.92. The molecule has 38 heavy (non-hydrogen) atoms. The maximum absolute atomic E-state index is 13.3. The average molecular weight is 562 g/mol. The number of alkyl halides is 3. The minimum Gasteiger partial charge on any atom is -0.491 e. The van der Waals surface area contributed by atoms with E-state index in [1.807, 2.05) is 6.92 Å². The Morgan fingerprint density at radius 1 is 1.21 bits per heavy atom. The summed E-state index contributed by atoms with van der Waals surface area (Å²) in [6.45, 7) is 3.88. The summed E-state index contributed by atoms with van der Waals surface area (Å²) < 4.78 is 80.0. The van der Waals surface area contributed by atoms with Crippen LogP contribution in [0.5, 0.6) is 5.75 Å². The molecular formula is C24H34F3N5O5S. The van der Waals surface area contributed by atoms with Crippen LogP contribution in [-0.2, 0) is 21.8 Å². The zero-order valence-electron chi connectivity index (χ0n) is 22.0. The van der Waals surface area contributed by atoms with Crippen LogP contribution in [0.15, 0.2) is 35.7 Å². The van der Waals surface area contributed by atoms with Gasteiger partial charge in [0.1, 0.15) is 12.4 Å². The first-order valence-electron chi connectivity index (χ1n) is 12.1. The summed E-state index contributed by atoms with van der Waals surface area (Å²) in [7, 11) is 0.733. The van der Waals surface area contributed by atoms with Crippen molar-refractivity contribution < 1.29 is 35.9 Å². The fourth-order valence-corrected chi connectivity index (χ4v) is 5.26. The van der Waals surface area contributed by atoms with Crippen LogP contribution in [0.25, 0.3) is 0 Å². The van der Waals surface area contributed by atoms with E-state index in [0.29, 0.717) is 6.54 Å². The smallest absolute Gasteiger partial charge is 0.390 e. The van der Waals surface area contributed by atoms with Crippen LogP contribution in [0.1, 0.15) is 30.6 Å². The van der Waals surface area contributed by atoms with Crippen molar-refractivity contribution >= 4 is 21.6 Å². The number of nitrogens with one attached hydrogen (secondary N) is 1. The number of rotatable bonds is 6. The Balaban J connectivity index is 1.94. The number of aromatic nitrogens is 2. The van der Waals surface area contributed by atoms with Crippen molar-refractivity contribution in [3.63, 3.8) is 0 Å². The summed E-state index contributed by atoms with van der Waals surface area (Å²) in [6, 6.07) is 3.84. The Bertz CT molecular complexity index is 1220. The molecular weight excluding hydrogens is 527 g/mol. The first kappa shape index (κ1) is 29.7. The number of likely N-dealkylation sites (N-methyl/N-ethyl adjacent to an activating group) is 1. The van der Waals surface area contributed by atoms with Crippen LogP contribution in [0.2, 0.25) is 0 Å². The van der Waals surface area contributed by atoms with Crippen molar-refractivity contribution in [1.82, 2.24) is 19.4 Å². The van der Waals surface area contributed by atoms with Crippen LogP contribution in [0.4, 0.5) is 18.9 Å². The van der Waals surface area contributed by atoms with E-state index < -0.39 is 34.8 Å². The van der Waals surface area contributed by atoms with Crippen molar-refractivity contribution in [2.24, 2.45) is 13.0 Å². The molecule has 3 rings (SSSR count). The third-order valence-corrected chi connectivity index (χ3v) is 7.73. The Morgan fingerprint density at radius 2 is 1.92 bits per heavy atom. The number of sulfonamides is 1. The van der Waals surface area contributed by atoms with E-state index in [1.54, 1.807) is 25.9 Å². The lowest BCUT2D eigenvalue weighted by Gasteiger charge is -2.36. The van der Waals surface area contributed by atoms with Gasteiger partial charge in [-0.2, -0.15) is 21.6 Å². The molecule has 0 radical (unpaired) electrons. The number of methoxy groups -OCH3 is 1. The van der Waals surface area contributed by atoms with Gasteiger partial charge in [0, 0.05) is 59.1 Å². The van der Waals surface area contributed by atoms with Gasteiger partial charge < -0.3 is 18.9 Å². The molecule has 1 aromatic heterocycles. The number of amides is 1. The number of carbonyl (C=O) groups excluding carboxylic acids is 1. The van der Waals surface area contributed by atoms with Crippen molar-refractivity contribution in [2.75, 3.05) is 45.1 Å². The quantitative estimate of drug-likeness (QED) is 0.578. The molecule has 0 unspecified atom stereocenters. The van der Waals surface area contributed by atoms with E-state index >= 15 is 0 Å². The zero-order chi connectivity index (χ0) is 28.3. The first-order chi connectivity index (χ1) is 17.7. The number of aryl methyl sites for hydroxylation is 1. The summed E-state index contributed by atoms with van der Waals surface area (Å²) in [5, 5.41) is -0.182. The van der Waals surface area contributed by atoms with Gasteiger partial charge in [-0.05, 0) is 25.0 Å². The molecule has 10 nitrogen and oxygen atoms in total. The van der Waals surface area contributed by atoms with Gasteiger partial charge in [0.25, 0.3) is 15.9 Å². The molecule has 2 heterocycles. The third kappa shape index (κ3) is 7.60. The topological polar surface area (TPSA) is 106 Å². The second kappa shape index (κ2) is 11.9. The minimum absolute atomic E-state index is 0.0251. The fraction of sp³-hybridized carbons (Fsp3) is 0.583. The normalized spacial score (nSPS) is 22.3. The molecule has 212 valence electrons. The van der Waals surface area contributed by atoms with Gasteiger partial charge in [-0.25, -0.2) is 4.98 Å². The van der Waals surface area contributed by atoms with Crippen molar-refractivity contribution in [3.05, 3.63) is 36.3 Å². The highest BCUT2D eigenvalue weighted by Gasteiger charge is 2.32. The summed E-state index contributed by atoms with van der Waals surface area (Å²) in [5.74, 6) is -0.433. The van der Waals surface area contributed by atoms with Crippen LogP contribution in [-0.4, -0.2) is 92.4 Å². The molecule has 1 aliphatic rings. The largest absolute Gasteiger partial charge is 0.491 e. The monoisotopic (exact) mass is 561 g/mol. The van der Waals surface area contributed by atoms with Crippen LogP contribution in [0, 0.1) is 5.92 Å². The van der Waals surface area contributed by atoms with E-state index in [9.17, 15) is 26.4 Å². The molecule has 1 amide bonds. The highest BCUT2D eigenvalue weighted by atomic mass is 32.2. The maximum atomic E-state index is 13.3. The molecule has 0 saturated heterocycles. The van der Waals surface area contributed by atoms with Gasteiger partial charge in [0.2, 0.25) is 0 Å².